The van der Waals surface area contributed by atoms with Gasteiger partial charge in [0, 0.05) is 24.5 Å². The first-order valence-corrected chi connectivity index (χ1v) is 9.79. The first-order chi connectivity index (χ1) is 11.4. The highest BCUT2D eigenvalue weighted by molar-refractivity contribution is 7.88. The number of nitrogens with zero attached hydrogens (tertiary/aromatic N) is 1. The second kappa shape index (κ2) is 6.78. The van der Waals surface area contributed by atoms with Gasteiger partial charge in [0.2, 0.25) is 10.0 Å². The second-order valence-electron chi connectivity index (χ2n) is 6.09. The van der Waals surface area contributed by atoms with E-state index in [0.717, 1.165) is 29.3 Å². The molecule has 1 atom stereocenters. The largest absolute Gasteiger partial charge is 0.334 e. The molecule has 2 N–H and O–H groups in total. The number of carbonyl (C=O) groups excluding carboxylic acids is 1. The maximum atomic E-state index is 12.3. The lowest BCUT2D eigenvalue weighted by molar-refractivity contribution is 0.236. The van der Waals surface area contributed by atoms with Crippen molar-refractivity contribution < 1.29 is 13.2 Å². The molecular weight excluding hydrogens is 326 g/mol. The lowest BCUT2D eigenvalue weighted by Gasteiger charge is -2.31. The Bertz CT molecular complexity index is 846. The fourth-order valence-corrected chi connectivity index (χ4v) is 3.95. The van der Waals surface area contributed by atoms with Gasteiger partial charge in [-0.2, -0.15) is 0 Å². The summed E-state index contributed by atoms with van der Waals surface area (Å²) in [7, 11) is -3.22. The van der Waals surface area contributed by atoms with E-state index in [-0.39, 0.29) is 12.1 Å². The molecule has 1 saturated heterocycles. The normalized spacial score (nSPS) is 19.1. The summed E-state index contributed by atoms with van der Waals surface area (Å²) in [5.74, 6) is 0. The number of sulfonamides is 1. The van der Waals surface area contributed by atoms with Crippen molar-refractivity contribution >= 4 is 32.5 Å². The summed E-state index contributed by atoms with van der Waals surface area (Å²) in [6.45, 7) is 0.837. The van der Waals surface area contributed by atoms with Crippen LogP contribution in [0.1, 0.15) is 12.8 Å². The van der Waals surface area contributed by atoms with Crippen LogP contribution in [0.5, 0.6) is 0 Å². The quantitative estimate of drug-likeness (QED) is 0.895. The van der Waals surface area contributed by atoms with Gasteiger partial charge in [0.15, 0.2) is 0 Å². The van der Waals surface area contributed by atoms with Crippen LogP contribution >= 0.6 is 0 Å². The molecule has 0 radical (unpaired) electrons. The van der Waals surface area contributed by atoms with Crippen molar-refractivity contribution in [1.29, 1.82) is 0 Å². The zero-order valence-electron chi connectivity index (χ0n) is 13.5. The van der Waals surface area contributed by atoms with Crippen molar-refractivity contribution in [2.75, 3.05) is 24.7 Å². The minimum absolute atomic E-state index is 0.177. The first kappa shape index (κ1) is 16.7. The second-order valence-corrected chi connectivity index (χ2v) is 8.07. The SMILES string of the molecule is CS(=O)(=O)N1CCC[C@H](NC(=O)Nc2cccc3ccccc23)C1. The standard InChI is InChI=1S/C17H21N3O3S/c1-24(22,23)20-11-5-8-14(12-20)18-17(21)19-16-10-4-7-13-6-2-3-9-15(13)16/h2-4,6-7,9-10,14H,5,8,11-12H2,1H3,(H2,18,19,21)/t14-/m0/s1. The highest BCUT2D eigenvalue weighted by atomic mass is 32.2. The summed E-state index contributed by atoms with van der Waals surface area (Å²) in [6, 6.07) is 13.1. The van der Waals surface area contributed by atoms with E-state index in [9.17, 15) is 13.2 Å². The van der Waals surface area contributed by atoms with Crippen molar-refractivity contribution in [3.63, 3.8) is 0 Å². The molecule has 1 heterocycles. The minimum atomic E-state index is -3.22. The number of carbonyl (C=O) groups is 1. The molecule has 1 fully saturated rings. The third-order valence-electron chi connectivity index (χ3n) is 4.23. The van der Waals surface area contributed by atoms with E-state index in [2.05, 4.69) is 10.6 Å². The molecule has 1 aliphatic heterocycles. The zero-order chi connectivity index (χ0) is 17.2. The molecule has 1 aliphatic rings. The van der Waals surface area contributed by atoms with Crippen molar-refractivity contribution in [2.24, 2.45) is 0 Å². The van der Waals surface area contributed by atoms with Gasteiger partial charge in [-0.25, -0.2) is 17.5 Å². The average molecular weight is 347 g/mol. The number of urea groups is 1. The van der Waals surface area contributed by atoms with Crippen LogP contribution in [0.25, 0.3) is 10.8 Å². The van der Waals surface area contributed by atoms with E-state index in [1.807, 2.05) is 42.5 Å². The average Bonchev–Trinajstić information content (AvgIpc) is 2.54. The summed E-state index contributed by atoms with van der Waals surface area (Å²) >= 11 is 0. The van der Waals surface area contributed by atoms with Gasteiger partial charge < -0.3 is 10.6 Å². The number of amides is 2. The predicted octanol–water partition coefficient (Wildman–Crippen LogP) is 2.39. The number of hydrogen-bond acceptors (Lipinski definition) is 3. The number of piperidine rings is 1. The van der Waals surface area contributed by atoms with Crippen LogP contribution in [-0.2, 0) is 10.0 Å². The Morgan fingerprint density at radius 1 is 1.17 bits per heavy atom. The maximum Gasteiger partial charge on any atom is 0.319 e. The molecule has 3 rings (SSSR count). The van der Waals surface area contributed by atoms with Crippen LogP contribution < -0.4 is 10.6 Å². The van der Waals surface area contributed by atoms with Crippen molar-refractivity contribution in [3.05, 3.63) is 42.5 Å². The summed E-state index contributed by atoms with van der Waals surface area (Å²) in [5, 5.41) is 7.77. The molecule has 7 heteroatoms. The molecule has 6 nitrogen and oxygen atoms in total. The number of nitrogens with one attached hydrogen (secondary N) is 2. The van der Waals surface area contributed by atoms with Gasteiger partial charge in [-0.05, 0) is 24.3 Å². The Morgan fingerprint density at radius 2 is 1.92 bits per heavy atom. The molecule has 0 saturated carbocycles. The van der Waals surface area contributed by atoms with E-state index in [4.69, 9.17) is 0 Å². The minimum Gasteiger partial charge on any atom is -0.334 e. The molecule has 0 unspecified atom stereocenters. The molecule has 2 amide bonds. The van der Waals surface area contributed by atoms with Gasteiger partial charge in [0.05, 0.1) is 11.9 Å². The van der Waals surface area contributed by atoms with Gasteiger partial charge >= 0.3 is 6.03 Å². The zero-order valence-corrected chi connectivity index (χ0v) is 14.3. The van der Waals surface area contributed by atoms with E-state index >= 15 is 0 Å². The van der Waals surface area contributed by atoms with Gasteiger partial charge in [-0.15, -0.1) is 0 Å². The van der Waals surface area contributed by atoms with Crippen molar-refractivity contribution in [1.82, 2.24) is 9.62 Å². The topological polar surface area (TPSA) is 78.5 Å². The van der Waals surface area contributed by atoms with Gasteiger partial charge in [0.25, 0.3) is 0 Å². The van der Waals surface area contributed by atoms with Crippen LogP contribution in [0, 0.1) is 0 Å². The smallest absolute Gasteiger partial charge is 0.319 e. The summed E-state index contributed by atoms with van der Waals surface area (Å²) in [5.41, 5.74) is 0.737. The van der Waals surface area contributed by atoms with Crippen LogP contribution in [0.3, 0.4) is 0 Å². The van der Waals surface area contributed by atoms with Crippen LogP contribution in [0.4, 0.5) is 10.5 Å². The number of hydrogen-bond donors (Lipinski definition) is 2. The molecule has 2 aromatic carbocycles. The summed E-state index contributed by atoms with van der Waals surface area (Å²) in [6.07, 6.45) is 2.72. The van der Waals surface area contributed by atoms with E-state index in [0.29, 0.717) is 13.1 Å². The van der Waals surface area contributed by atoms with E-state index in [1.165, 1.54) is 10.6 Å². The van der Waals surface area contributed by atoms with Crippen molar-refractivity contribution in [3.8, 4) is 0 Å². The maximum absolute atomic E-state index is 12.3. The monoisotopic (exact) mass is 347 g/mol. The Hall–Kier alpha value is -2.12. The highest BCUT2D eigenvalue weighted by Crippen LogP contribution is 2.23. The Labute approximate surface area is 141 Å². The predicted molar refractivity (Wildman–Crippen MR) is 95.5 cm³/mol. The van der Waals surface area contributed by atoms with Crippen LogP contribution in [0.15, 0.2) is 42.5 Å². The van der Waals surface area contributed by atoms with E-state index in [1.54, 1.807) is 0 Å². The molecule has 24 heavy (non-hydrogen) atoms. The highest BCUT2D eigenvalue weighted by Gasteiger charge is 2.26. The third-order valence-corrected chi connectivity index (χ3v) is 5.50. The van der Waals surface area contributed by atoms with Crippen LogP contribution in [-0.4, -0.2) is 44.1 Å². The van der Waals surface area contributed by atoms with Crippen LogP contribution in [0.2, 0.25) is 0 Å². The van der Waals surface area contributed by atoms with Gasteiger partial charge in [-0.1, -0.05) is 36.4 Å². The lowest BCUT2D eigenvalue weighted by Crippen LogP contribution is -2.50. The Kier molecular flexibility index (Phi) is 4.73. The molecule has 0 spiro atoms. The fraction of sp³-hybridized carbons (Fsp3) is 0.353. The molecule has 128 valence electrons. The van der Waals surface area contributed by atoms with Crippen molar-refractivity contribution in [2.45, 2.75) is 18.9 Å². The lowest BCUT2D eigenvalue weighted by atomic mass is 10.1. The van der Waals surface area contributed by atoms with Gasteiger partial charge in [0.1, 0.15) is 0 Å². The third kappa shape index (κ3) is 3.85. The summed E-state index contributed by atoms with van der Waals surface area (Å²) in [4.78, 5) is 12.3. The molecular formula is C17H21N3O3S. The summed E-state index contributed by atoms with van der Waals surface area (Å²) < 4.78 is 24.7. The van der Waals surface area contributed by atoms with E-state index < -0.39 is 10.0 Å². The number of anilines is 1. The molecule has 0 bridgehead atoms. The molecule has 0 aromatic heterocycles. The fourth-order valence-electron chi connectivity index (χ4n) is 3.04. The number of fused-ring (bicyclic) bond motifs is 1. The van der Waals surface area contributed by atoms with Gasteiger partial charge in [-0.3, -0.25) is 0 Å². The first-order valence-electron chi connectivity index (χ1n) is 7.94. The Balaban J connectivity index is 1.67. The Morgan fingerprint density at radius 3 is 2.71 bits per heavy atom. The number of benzene rings is 2. The molecule has 2 aromatic rings. The number of rotatable bonds is 3. The molecule has 0 aliphatic carbocycles.